The standard InChI is InChI=1S/C19H16FN5OS2/c1-11-5-3-4-6-15(11)21-18-24-25-19(28-18)27-12(2)16-22-23-17(26-16)13-7-9-14(20)10-8-13/h3-10,12H,1-2H3,(H,21,24)/t12-/m1/s1. The maximum atomic E-state index is 13.1. The highest BCUT2D eigenvalue weighted by Crippen LogP contribution is 2.38. The number of halogens is 1. The molecule has 2 heterocycles. The highest BCUT2D eigenvalue weighted by molar-refractivity contribution is 8.01. The van der Waals surface area contributed by atoms with Crippen LogP contribution in [0, 0.1) is 12.7 Å². The molecule has 0 unspecified atom stereocenters. The van der Waals surface area contributed by atoms with Gasteiger partial charge < -0.3 is 9.73 Å². The van der Waals surface area contributed by atoms with Gasteiger partial charge in [0.15, 0.2) is 4.34 Å². The quantitative estimate of drug-likeness (QED) is 0.410. The molecule has 142 valence electrons. The zero-order valence-electron chi connectivity index (χ0n) is 15.1. The van der Waals surface area contributed by atoms with Crippen molar-refractivity contribution in [3.63, 3.8) is 0 Å². The number of anilines is 2. The van der Waals surface area contributed by atoms with Crippen LogP contribution in [0.3, 0.4) is 0 Å². The van der Waals surface area contributed by atoms with E-state index in [2.05, 4.69) is 25.7 Å². The molecule has 2 aromatic carbocycles. The maximum absolute atomic E-state index is 13.1. The second-order valence-electron chi connectivity index (χ2n) is 6.03. The Bertz CT molecular complexity index is 1080. The topological polar surface area (TPSA) is 76.7 Å². The molecule has 6 nitrogen and oxygen atoms in total. The van der Waals surface area contributed by atoms with Crippen LogP contribution in [0.4, 0.5) is 15.2 Å². The number of hydrogen-bond donors (Lipinski definition) is 1. The van der Waals surface area contributed by atoms with E-state index in [1.165, 1.54) is 35.2 Å². The molecule has 0 aliphatic carbocycles. The second-order valence-corrected chi connectivity index (χ2v) is 8.59. The number of nitrogens with zero attached hydrogens (tertiary/aromatic N) is 4. The van der Waals surface area contributed by atoms with Crippen molar-refractivity contribution in [3.05, 3.63) is 65.8 Å². The Hall–Kier alpha value is -2.78. The maximum Gasteiger partial charge on any atom is 0.247 e. The summed E-state index contributed by atoms with van der Waals surface area (Å²) in [6.45, 7) is 4.00. The molecule has 0 saturated carbocycles. The Morgan fingerprint density at radius 1 is 1.04 bits per heavy atom. The molecule has 0 fully saturated rings. The lowest BCUT2D eigenvalue weighted by atomic mass is 10.2. The molecule has 0 aliphatic rings. The van der Waals surface area contributed by atoms with Crippen LogP contribution < -0.4 is 5.32 Å². The summed E-state index contributed by atoms with van der Waals surface area (Å²) in [5, 5.41) is 20.5. The summed E-state index contributed by atoms with van der Waals surface area (Å²) in [6, 6.07) is 14.0. The van der Waals surface area contributed by atoms with E-state index in [0.717, 1.165) is 20.7 Å². The second kappa shape index (κ2) is 8.07. The van der Waals surface area contributed by atoms with Crippen molar-refractivity contribution in [2.75, 3.05) is 5.32 Å². The van der Waals surface area contributed by atoms with Crippen LogP contribution in [0.2, 0.25) is 0 Å². The van der Waals surface area contributed by atoms with Crippen molar-refractivity contribution >= 4 is 33.9 Å². The normalized spacial score (nSPS) is 12.1. The van der Waals surface area contributed by atoms with Crippen LogP contribution in [-0.2, 0) is 0 Å². The Morgan fingerprint density at radius 2 is 1.82 bits per heavy atom. The van der Waals surface area contributed by atoms with E-state index in [1.54, 1.807) is 12.1 Å². The van der Waals surface area contributed by atoms with Gasteiger partial charge in [-0.2, -0.15) is 0 Å². The van der Waals surface area contributed by atoms with Crippen molar-refractivity contribution in [2.24, 2.45) is 0 Å². The molecule has 28 heavy (non-hydrogen) atoms. The van der Waals surface area contributed by atoms with E-state index in [-0.39, 0.29) is 11.1 Å². The van der Waals surface area contributed by atoms with Crippen LogP contribution in [0.15, 0.2) is 57.3 Å². The summed E-state index contributed by atoms with van der Waals surface area (Å²) < 4.78 is 19.6. The van der Waals surface area contributed by atoms with Gasteiger partial charge in [-0.3, -0.25) is 0 Å². The predicted octanol–water partition coefficient (Wildman–Crippen LogP) is 5.63. The minimum absolute atomic E-state index is 0.0963. The smallest absolute Gasteiger partial charge is 0.247 e. The van der Waals surface area contributed by atoms with Gasteiger partial charge in [-0.25, -0.2) is 4.39 Å². The Kier molecular flexibility index (Phi) is 5.36. The average molecular weight is 414 g/mol. The van der Waals surface area contributed by atoms with Gasteiger partial charge in [0.05, 0.1) is 5.25 Å². The molecule has 0 saturated heterocycles. The van der Waals surface area contributed by atoms with Gasteiger partial charge in [0, 0.05) is 11.3 Å². The summed E-state index contributed by atoms with van der Waals surface area (Å²) in [5.74, 6) is 0.536. The third-order valence-electron chi connectivity index (χ3n) is 3.95. The summed E-state index contributed by atoms with van der Waals surface area (Å²) >= 11 is 2.95. The van der Waals surface area contributed by atoms with E-state index >= 15 is 0 Å². The molecule has 4 aromatic rings. The van der Waals surface area contributed by atoms with Gasteiger partial charge >= 0.3 is 0 Å². The summed E-state index contributed by atoms with van der Waals surface area (Å²) in [7, 11) is 0. The number of benzene rings is 2. The molecule has 9 heteroatoms. The fraction of sp³-hybridized carbons (Fsp3) is 0.158. The first-order chi connectivity index (χ1) is 13.6. The zero-order valence-corrected chi connectivity index (χ0v) is 16.7. The van der Waals surface area contributed by atoms with E-state index in [1.807, 2.05) is 38.1 Å². The lowest BCUT2D eigenvalue weighted by molar-refractivity contribution is 0.509. The van der Waals surface area contributed by atoms with E-state index in [9.17, 15) is 4.39 Å². The van der Waals surface area contributed by atoms with E-state index in [4.69, 9.17) is 4.42 Å². The Labute approximate surface area is 169 Å². The van der Waals surface area contributed by atoms with Crippen molar-refractivity contribution in [2.45, 2.75) is 23.4 Å². The highest BCUT2D eigenvalue weighted by Gasteiger charge is 2.18. The van der Waals surface area contributed by atoms with Crippen LogP contribution >= 0.6 is 23.1 Å². The van der Waals surface area contributed by atoms with Gasteiger partial charge in [0.25, 0.3) is 0 Å². The minimum atomic E-state index is -0.307. The zero-order chi connectivity index (χ0) is 19.5. The molecule has 0 spiro atoms. The van der Waals surface area contributed by atoms with Crippen molar-refractivity contribution < 1.29 is 8.81 Å². The molecule has 0 radical (unpaired) electrons. The van der Waals surface area contributed by atoms with Gasteiger partial charge in [0.1, 0.15) is 5.82 Å². The largest absolute Gasteiger partial charge is 0.419 e. The fourth-order valence-corrected chi connectivity index (χ4v) is 4.38. The summed E-state index contributed by atoms with van der Waals surface area (Å²) in [4.78, 5) is 0. The van der Waals surface area contributed by atoms with Gasteiger partial charge in [0.2, 0.25) is 16.9 Å². The minimum Gasteiger partial charge on any atom is -0.419 e. The third-order valence-corrected chi connectivity index (χ3v) is 5.96. The fourth-order valence-electron chi connectivity index (χ4n) is 2.45. The van der Waals surface area contributed by atoms with Gasteiger partial charge in [-0.05, 0) is 49.7 Å². The van der Waals surface area contributed by atoms with E-state index in [0.29, 0.717) is 17.3 Å². The first kappa shape index (κ1) is 18.6. The Morgan fingerprint density at radius 3 is 2.61 bits per heavy atom. The highest BCUT2D eigenvalue weighted by atomic mass is 32.2. The van der Waals surface area contributed by atoms with Crippen LogP contribution in [0.1, 0.15) is 23.6 Å². The lowest BCUT2D eigenvalue weighted by Crippen LogP contribution is -1.91. The SMILES string of the molecule is Cc1ccccc1Nc1nnc(S[C@H](C)c2nnc(-c3ccc(F)cc3)o2)s1. The third kappa shape index (κ3) is 4.20. The van der Waals surface area contributed by atoms with Gasteiger partial charge in [-0.15, -0.1) is 20.4 Å². The molecule has 0 bridgehead atoms. The molecular weight excluding hydrogens is 397 g/mol. The van der Waals surface area contributed by atoms with Crippen molar-refractivity contribution in [1.82, 2.24) is 20.4 Å². The summed E-state index contributed by atoms with van der Waals surface area (Å²) in [6.07, 6.45) is 0. The van der Waals surface area contributed by atoms with Crippen molar-refractivity contribution in [1.29, 1.82) is 0 Å². The number of aromatic nitrogens is 4. The molecule has 2 aromatic heterocycles. The monoisotopic (exact) mass is 413 g/mol. The number of hydrogen-bond acceptors (Lipinski definition) is 8. The van der Waals surface area contributed by atoms with Crippen LogP contribution in [0.25, 0.3) is 11.5 Å². The number of nitrogens with one attached hydrogen (secondary N) is 1. The number of thioether (sulfide) groups is 1. The molecule has 1 atom stereocenters. The molecule has 1 N–H and O–H groups in total. The van der Waals surface area contributed by atoms with Gasteiger partial charge in [-0.1, -0.05) is 41.3 Å². The first-order valence-corrected chi connectivity index (χ1v) is 10.2. The molecule has 0 amide bonds. The number of aryl methyl sites for hydroxylation is 1. The molecule has 0 aliphatic heterocycles. The lowest BCUT2D eigenvalue weighted by Gasteiger charge is -2.04. The van der Waals surface area contributed by atoms with Crippen molar-refractivity contribution in [3.8, 4) is 11.5 Å². The Balaban J connectivity index is 1.43. The van der Waals surface area contributed by atoms with Crippen LogP contribution in [-0.4, -0.2) is 20.4 Å². The van der Waals surface area contributed by atoms with E-state index < -0.39 is 0 Å². The average Bonchev–Trinajstić information content (AvgIpc) is 3.34. The first-order valence-electron chi connectivity index (χ1n) is 8.50. The predicted molar refractivity (Wildman–Crippen MR) is 108 cm³/mol. The van der Waals surface area contributed by atoms with Crippen LogP contribution in [0.5, 0.6) is 0 Å². The molecule has 4 rings (SSSR count). The number of rotatable bonds is 6. The summed E-state index contributed by atoms with van der Waals surface area (Å²) in [5.41, 5.74) is 2.82. The molecular formula is C19H16FN5OS2. The number of para-hydroxylation sites is 1.